The highest BCUT2D eigenvalue weighted by Crippen LogP contribution is 2.26. The van der Waals surface area contributed by atoms with Crippen LogP contribution in [0.5, 0.6) is 0 Å². The third kappa shape index (κ3) is 3.16. The Kier molecular flexibility index (Phi) is 4.10. The second kappa shape index (κ2) is 6.08. The van der Waals surface area contributed by atoms with E-state index in [1.165, 1.54) is 5.56 Å². The molecule has 3 rings (SSSR count). The van der Waals surface area contributed by atoms with E-state index in [-0.39, 0.29) is 11.3 Å². The van der Waals surface area contributed by atoms with E-state index in [0.717, 1.165) is 22.0 Å². The van der Waals surface area contributed by atoms with Crippen LogP contribution in [-0.2, 0) is 5.41 Å². The standard InChI is InChI=1S/C21H22N2O/c1-14-12-16(21(2,3)4)8-9-17(14)20(24)23-19-7-5-6-15-13-22-11-10-18(15)19/h5-13H,1-4H3,(H,23,24). The van der Waals surface area contributed by atoms with Gasteiger partial charge < -0.3 is 5.32 Å². The number of benzene rings is 2. The highest BCUT2D eigenvalue weighted by atomic mass is 16.1. The van der Waals surface area contributed by atoms with Crippen molar-refractivity contribution in [2.24, 2.45) is 0 Å². The minimum absolute atomic E-state index is 0.0718. The Bertz CT molecular complexity index is 902. The predicted octanol–water partition coefficient (Wildman–Crippen LogP) is 5.09. The van der Waals surface area contributed by atoms with Gasteiger partial charge in [0.1, 0.15) is 0 Å². The van der Waals surface area contributed by atoms with Gasteiger partial charge in [-0.05, 0) is 41.7 Å². The van der Waals surface area contributed by atoms with Gasteiger partial charge in [-0.25, -0.2) is 0 Å². The Morgan fingerprint density at radius 3 is 2.58 bits per heavy atom. The summed E-state index contributed by atoms with van der Waals surface area (Å²) in [6.07, 6.45) is 3.54. The lowest BCUT2D eigenvalue weighted by atomic mass is 9.85. The first kappa shape index (κ1) is 16.2. The third-order valence-electron chi connectivity index (χ3n) is 4.27. The molecule has 0 unspecified atom stereocenters. The lowest BCUT2D eigenvalue weighted by molar-refractivity contribution is 0.102. The Balaban J connectivity index is 1.92. The van der Waals surface area contributed by atoms with Gasteiger partial charge in [-0.1, -0.05) is 45.0 Å². The summed E-state index contributed by atoms with van der Waals surface area (Å²) in [7, 11) is 0. The first-order chi connectivity index (χ1) is 11.4. The third-order valence-corrected chi connectivity index (χ3v) is 4.27. The number of hydrogen-bond acceptors (Lipinski definition) is 2. The molecule has 1 aromatic heterocycles. The molecule has 0 atom stereocenters. The van der Waals surface area contributed by atoms with E-state index in [1.807, 2.05) is 43.3 Å². The summed E-state index contributed by atoms with van der Waals surface area (Å²) in [5.74, 6) is -0.0859. The lowest BCUT2D eigenvalue weighted by Gasteiger charge is -2.20. The van der Waals surface area contributed by atoms with Crippen molar-refractivity contribution < 1.29 is 4.79 Å². The zero-order valence-corrected chi connectivity index (χ0v) is 14.6. The van der Waals surface area contributed by atoms with Gasteiger partial charge in [-0.2, -0.15) is 0 Å². The van der Waals surface area contributed by atoms with E-state index in [9.17, 15) is 4.79 Å². The van der Waals surface area contributed by atoms with Gasteiger partial charge in [0.25, 0.3) is 5.91 Å². The molecule has 1 N–H and O–H groups in total. The monoisotopic (exact) mass is 318 g/mol. The molecule has 122 valence electrons. The lowest BCUT2D eigenvalue weighted by Crippen LogP contribution is -2.16. The van der Waals surface area contributed by atoms with Crippen LogP contribution < -0.4 is 5.32 Å². The number of aromatic nitrogens is 1. The second-order valence-corrected chi connectivity index (χ2v) is 7.14. The Labute approximate surface area is 142 Å². The van der Waals surface area contributed by atoms with Crippen molar-refractivity contribution in [3.8, 4) is 0 Å². The van der Waals surface area contributed by atoms with Gasteiger partial charge in [0.2, 0.25) is 0 Å². The fourth-order valence-corrected chi connectivity index (χ4v) is 2.81. The predicted molar refractivity (Wildman–Crippen MR) is 99.6 cm³/mol. The molecule has 0 radical (unpaired) electrons. The maximum absolute atomic E-state index is 12.7. The number of fused-ring (bicyclic) bond motifs is 1. The van der Waals surface area contributed by atoms with Crippen LogP contribution >= 0.6 is 0 Å². The van der Waals surface area contributed by atoms with Crippen LogP contribution in [0, 0.1) is 6.92 Å². The summed E-state index contributed by atoms with van der Waals surface area (Å²) in [4.78, 5) is 16.8. The summed E-state index contributed by atoms with van der Waals surface area (Å²) < 4.78 is 0. The fourth-order valence-electron chi connectivity index (χ4n) is 2.81. The molecule has 0 fully saturated rings. The zero-order valence-electron chi connectivity index (χ0n) is 14.6. The number of amides is 1. The molecule has 0 saturated heterocycles. The summed E-state index contributed by atoms with van der Waals surface area (Å²) in [6, 6.07) is 13.8. The molecule has 0 spiro atoms. The molecule has 3 nitrogen and oxygen atoms in total. The SMILES string of the molecule is Cc1cc(C(C)(C)C)ccc1C(=O)Nc1cccc2cnccc12. The van der Waals surface area contributed by atoms with E-state index in [1.54, 1.807) is 12.4 Å². The molecule has 24 heavy (non-hydrogen) atoms. The summed E-state index contributed by atoms with van der Waals surface area (Å²) in [5, 5.41) is 5.03. The number of anilines is 1. The molecular formula is C21H22N2O. The molecular weight excluding hydrogens is 296 g/mol. The van der Waals surface area contributed by atoms with Crippen molar-refractivity contribution in [3.63, 3.8) is 0 Å². The van der Waals surface area contributed by atoms with Gasteiger partial charge in [0.05, 0.1) is 0 Å². The van der Waals surface area contributed by atoms with Crippen molar-refractivity contribution in [2.45, 2.75) is 33.1 Å². The minimum atomic E-state index is -0.0859. The van der Waals surface area contributed by atoms with Crippen LogP contribution in [0.3, 0.4) is 0 Å². The Morgan fingerprint density at radius 1 is 1.08 bits per heavy atom. The van der Waals surface area contributed by atoms with E-state index in [2.05, 4.69) is 37.1 Å². The van der Waals surface area contributed by atoms with E-state index < -0.39 is 0 Å². The number of carbonyl (C=O) groups excluding carboxylic acids is 1. The highest BCUT2D eigenvalue weighted by molar-refractivity contribution is 6.09. The quantitative estimate of drug-likeness (QED) is 0.715. The number of aryl methyl sites for hydroxylation is 1. The topological polar surface area (TPSA) is 42.0 Å². The van der Waals surface area contributed by atoms with Crippen molar-refractivity contribution in [1.82, 2.24) is 4.98 Å². The van der Waals surface area contributed by atoms with Gasteiger partial charge in [-0.3, -0.25) is 9.78 Å². The van der Waals surface area contributed by atoms with E-state index in [4.69, 9.17) is 0 Å². The smallest absolute Gasteiger partial charge is 0.255 e. The van der Waals surface area contributed by atoms with Crippen molar-refractivity contribution in [3.05, 3.63) is 71.5 Å². The average Bonchev–Trinajstić information content (AvgIpc) is 2.54. The minimum Gasteiger partial charge on any atom is -0.321 e. The van der Waals surface area contributed by atoms with Gasteiger partial charge >= 0.3 is 0 Å². The number of rotatable bonds is 2. The first-order valence-corrected chi connectivity index (χ1v) is 8.11. The Hall–Kier alpha value is -2.68. The van der Waals surface area contributed by atoms with Crippen LogP contribution in [0.4, 0.5) is 5.69 Å². The van der Waals surface area contributed by atoms with Crippen LogP contribution in [0.25, 0.3) is 10.8 Å². The van der Waals surface area contributed by atoms with Gasteiger partial charge in [0.15, 0.2) is 0 Å². The number of pyridine rings is 1. The summed E-state index contributed by atoms with van der Waals surface area (Å²) in [6.45, 7) is 8.50. The van der Waals surface area contributed by atoms with Gasteiger partial charge in [-0.15, -0.1) is 0 Å². The molecule has 2 aromatic carbocycles. The number of nitrogens with zero attached hydrogens (tertiary/aromatic N) is 1. The Morgan fingerprint density at radius 2 is 1.88 bits per heavy atom. The normalized spacial score (nSPS) is 11.5. The molecule has 0 bridgehead atoms. The molecule has 1 heterocycles. The molecule has 0 aliphatic carbocycles. The molecule has 3 aromatic rings. The summed E-state index contributed by atoms with van der Waals surface area (Å²) in [5.41, 5.74) is 3.80. The number of carbonyl (C=O) groups is 1. The highest BCUT2D eigenvalue weighted by Gasteiger charge is 2.17. The summed E-state index contributed by atoms with van der Waals surface area (Å²) >= 11 is 0. The van der Waals surface area contributed by atoms with E-state index >= 15 is 0 Å². The molecule has 3 heteroatoms. The largest absolute Gasteiger partial charge is 0.321 e. The average molecular weight is 318 g/mol. The zero-order chi connectivity index (χ0) is 17.3. The van der Waals surface area contributed by atoms with Gasteiger partial charge in [0, 0.05) is 34.4 Å². The van der Waals surface area contributed by atoms with Crippen molar-refractivity contribution in [2.75, 3.05) is 5.32 Å². The van der Waals surface area contributed by atoms with Crippen LogP contribution in [0.2, 0.25) is 0 Å². The van der Waals surface area contributed by atoms with Crippen LogP contribution in [-0.4, -0.2) is 10.9 Å². The van der Waals surface area contributed by atoms with Crippen LogP contribution in [0.15, 0.2) is 54.9 Å². The van der Waals surface area contributed by atoms with E-state index in [0.29, 0.717) is 5.56 Å². The maximum atomic E-state index is 12.7. The second-order valence-electron chi connectivity index (χ2n) is 7.14. The maximum Gasteiger partial charge on any atom is 0.255 e. The first-order valence-electron chi connectivity index (χ1n) is 8.11. The number of nitrogens with one attached hydrogen (secondary N) is 1. The molecule has 0 aliphatic rings. The van der Waals surface area contributed by atoms with Crippen molar-refractivity contribution in [1.29, 1.82) is 0 Å². The number of hydrogen-bond donors (Lipinski definition) is 1. The molecule has 1 amide bonds. The van der Waals surface area contributed by atoms with Crippen molar-refractivity contribution >= 4 is 22.4 Å². The van der Waals surface area contributed by atoms with Crippen LogP contribution in [0.1, 0.15) is 42.3 Å². The fraction of sp³-hybridized carbons (Fsp3) is 0.238. The molecule has 0 aliphatic heterocycles. The molecule has 0 saturated carbocycles.